The van der Waals surface area contributed by atoms with Gasteiger partial charge in [-0.3, -0.25) is 4.90 Å². The van der Waals surface area contributed by atoms with Crippen LogP contribution in [0.4, 0.5) is 0 Å². The molecule has 0 atom stereocenters. The standard InChI is InChI=1S/C15H19BrClNO.C2H2O4/c1-4-6-18(7-5-2)8-9-19-15-13(16)10-12(3)11-14(15)17;3-1(4)2(5)6/h4-5,10-11H,1-2,6-9H2,3H3;(H,3,4)(H,5,6). The van der Waals surface area contributed by atoms with Crippen LogP contribution in [-0.2, 0) is 9.59 Å². The lowest BCUT2D eigenvalue weighted by molar-refractivity contribution is -0.159. The SMILES string of the molecule is C=CCN(CC=C)CCOc1c(Cl)cc(C)cc1Br.O=C(O)C(=O)O. The van der Waals surface area contributed by atoms with Crippen molar-refractivity contribution in [2.75, 3.05) is 26.2 Å². The van der Waals surface area contributed by atoms with E-state index >= 15 is 0 Å². The van der Waals surface area contributed by atoms with E-state index in [9.17, 15) is 0 Å². The number of rotatable bonds is 8. The molecule has 0 aliphatic heterocycles. The van der Waals surface area contributed by atoms with Crippen LogP contribution in [0.5, 0.6) is 5.75 Å². The third-order valence-corrected chi connectivity index (χ3v) is 3.62. The quantitative estimate of drug-likeness (QED) is 0.480. The van der Waals surface area contributed by atoms with Crippen molar-refractivity contribution in [2.24, 2.45) is 0 Å². The average molecular weight is 435 g/mol. The molecule has 0 heterocycles. The normalized spacial score (nSPS) is 9.76. The molecule has 0 fully saturated rings. The fraction of sp³-hybridized carbons (Fsp3) is 0.294. The Morgan fingerprint density at radius 3 is 2.16 bits per heavy atom. The first-order valence-electron chi connectivity index (χ1n) is 7.21. The first-order valence-corrected chi connectivity index (χ1v) is 8.38. The third kappa shape index (κ3) is 9.91. The van der Waals surface area contributed by atoms with Crippen molar-refractivity contribution in [3.8, 4) is 5.75 Å². The second-order valence-electron chi connectivity index (χ2n) is 4.85. The number of benzene rings is 1. The molecule has 0 bridgehead atoms. The first kappa shape index (κ1) is 23.2. The van der Waals surface area contributed by atoms with Gasteiger partial charge in [-0.05, 0) is 40.5 Å². The van der Waals surface area contributed by atoms with Gasteiger partial charge < -0.3 is 14.9 Å². The van der Waals surface area contributed by atoms with Gasteiger partial charge in [0.25, 0.3) is 0 Å². The minimum Gasteiger partial charge on any atom is -0.490 e. The molecule has 0 unspecified atom stereocenters. The Balaban J connectivity index is 0.000000823. The van der Waals surface area contributed by atoms with Crippen molar-refractivity contribution in [1.82, 2.24) is 4.90 Å². The maximum Gasteiger partial charge on any atom is 0.414 e. The van der Waals surface area contributed by atoms with Crippen LogP contribution >= 0.6 is 27.5 Å². The van der Waals surface area contributed by atoms with Crippen LogP contribution in [0.1, 0.15) is 5.56 Å². The monoisotopic (exact) mass is 433 g/mol. The van der Waals surface area contributed by atoms with Gasteiger partial charge in [-0.25, -0.2) is 9.59 Å². The lowest BCUT2D eigenvalue weighted by Gasteiger charge is -2.19. The van der Waals surface area contributed by atoms with Crippen molar-refractivity contribution in [2.45, 2.75) is 6.92 Å². The Morgan fingerprint density at radius 1 is 1.24 bits per heavy atom. The lowest BCUT2D eigenvalue weighted by Crippen LogP contribution is -2.28. The maximum atomic E-state index is 9.10. The average Bonchev–Trinajstić information content (AvgIpc) is 2.50. The molecule has 0 aliphatic rings. The highest BCUT2D eigenvalue weighted by atomic mass is 79.9. The lowest BCUT2D eigenvalue weighted by atomic mass is 10.2. The summed E-state index contributed by atoms with van der Waals surface area (Å²) in [4.78, 5) is 20.4. The van der Waals surface area contributed by atoms with Crippen molar-refractivity contribution in [1.29, 1.82) is 0 Å². The summed E-state index contributed by atoms with van der Waals surface area (Å²) in [6.07, 6.45) is 3.75. The van der Waals surface area contributed by atoms with E-state index in [1.165, 1.54) is 0 Å². The molecule has 6 nitrogen and oxygen atoms in total. The topological polar surface area (TPSA) is 87.1 Å². The van der Waals surface area contributed by atoms with Crippen LogP contribution < -0.4 is 4.74 Å². The Labute approximate surface area is 160 Å². The van der Waals surface area contributed by atoms with E-state index in [1.54, 1.807) is 0 Å². The molecule has 2 N–H and O–H groups in total. The molecule has 1 rings (SSSR count). The molecule has 0 saturated carbocycles. The molecule has 0 radical (unpaired) electrons. The predicted molar refractivity (Wildman–Crippen MR) is 101 cm³/mol. The summed E-state index contributed by atoms with van der Waals surface area (Å²) in [5.41, 5.74) is 1.10. The summed E-state index contributed by atoms with van der Waals surface area (Å²) in [6, 6.07) is 3.89. The van der Waals surface area contributed by atoms with Crippen molar-refractivity contribution < 1.29 is 24.5 Å². The van der Waals surface area contributed by atoms with E-state index in [-0.39, 0.29) is 0 Å². The van der Waals surface area contributed by atoms with E-state index in [2.05, 4.69) is 34.0 Å². The highest BCUT2D eigenvalue weighted by molar-refractivity contribution is 9.10. The van der Waals surface area contributed by atoms with Crippen LogP contribution in [-0.4, -0.2) is 53.3 Å². The molecule has 1 aromatic carbocycles. The van der Waals surface area contributed by atoms with Crippen LogP contribution in [0.25, 0.3) is 0 Å². The number of nitrogens with zero attached hydrogens (tertiary/aromatic N) is 1. The Morgan fingerprint density at radius 2 is 1.76 bits per heavy atom. The zero-order valence-electron chi connectivity index (χ0n) is 13.9. The zero-order valence-corrected chi connectivity index (χ0v) is 16.2. The van der Waals surface area contributed by atoms with E-state index in [4.69, 9.17) is 36.1 Å². The number of aliphatic carboxylic acids is 2. The summed E-state index contributed by atoms with van der Waals surface area (Å²) < 4.78 is 6.64. The molecule has 0 amide bonds. The van der Waals surface area contributed by atoms with E-state index in [0.717, 1.165) is 29.7 Å². The highest BCUT2D eigenvalue weighted by Crippen LogP contribution is 2.34. The second kappa shape index (κ2) is 12.5. The number of halogens is 2. The molecule has 25 heavy (non-hydrogen) atoms. The number of carboxylic acid groups (broad SMARTS) is 2. The molecule has 0 aliphatic carbocycles. The molecule has 0 spiro atoms. The molecule has 0 aromatic heterocycles. The van der Waals surface area contributed by atoms with Crippen LogP contribution in [0.3, 0.4) is 0 Å². The van der Waals surface area contributed by atoms with Gasteiger partial charge in [0.15, 0.2) is 5.75 Å². The van der Waals surface area contributed by atoms with Gasteiger partial charge >= 0.3 is 11.9 Å². The summed E-state index contributed by atoms with van der Waals surface area (Å²) in [5.74, 6) is -2.95. The minimum absolute atomic E-state index is 0.572. The fourth-order valence-corrected chi connectivity index (χ4v) is 2.86. The molecule has 8 heteroatoms. The third-order valence-electron chi connectivity index (χ3n) is 2.75. The zero-order chi connectivity index (χ0) is 19.4. The Hall–Kier alpha value is -1.83. The summed E-state index contributed by atoms with van der Waals surface area (Å²) in [5, 5.41) is 15.4. The Kier molecular flexibility index (Phi) is 11.6. The fourth-order valence-electron chi connectivity index (χ4n) is 1.72. The van der Waals surface area contributed by atoms with Gasteiger partial charge in [-0.2, -0.15) is 0 Å². The summed E-state index contributed by atoms with van der Waals surface area (Å²) in [6.45, 7) is 12.5. The molecule has 1 aromatic rings. The van der Waals surface area contributed by atoms with Crippen molar-refractivity contribution in [3.63, 3.8) is 0 Å². The van der Waals surface area contributed by atoms with Gasteiger partial charge in [0.1, 0.15) is 6.61 Å². The number of aryl methyl sites for hydroxylation is 1. The van der Waals surface area contributed by atoms with E-state index in [0.29, 0.717) is 17.4 Å². The van der Waals surface area contributed by atoms with Gasteiger partial charge in [-0.1, -0.05) is 23.8 Å². The number of hydrogen-bond donors (Lipinski definition) is 2. The first-order chi connectivity index (χ1) is 11.7. The smallest absolute Gasteiger partial charge is 0.414 e. The van der Waals surface area contributed by atoms with E-state index < -0.39 is 11.9 Å². The number of hydrogen-bond acceptors (Lipinski definition) is 4. The summed E-state index contributed by atoms with van der Waals surface area (Å²) in [7, 11) is 0. The molecule has 138 valence electrons. The number of ether oxygens (including phenoxy) is 1. The largest absolute Gasteiger partial charge is 0.490 e. The van der Waals surface area contributed by atoms with Gasteiger partial charge in [-0.15, -0.1) is 13.2 Å². The van der Waals surface area contributed by atoms with Gasteiger partial charge in [0, 0.05) is 19.6 Å². The number of carboxylic acids is 2. The molecular weight excluding hydrogens is 414 g/mol. The van der Waals surface area contributed by atoms with Crippen LogP contribution in [0.15, 0.2) is 41.9 Å². The maximum absolute atomic E-state index is 9.10. The van der Waals surface area contributed by atoms with Crippen LogP contribution in [0.2, 0.25) is 5.02 Å². The van der Waals surface area contributed by atoms with Gasteiger partial charge in [0.2, 0.25) is 0 Å². The molecule has 0 saturated heterocycles. The van der Waals surface area contributed by atoms with Crippen LogP contribution in [0, 0.1) is 6.92 Å². The van der Waals surface area contributed by atoms with E-state index in [1.807, 2.05) is 31.2 Å². The number of carbonyl (C=O) groups is 2. The predicted octanol–water partition coefficient (Wildman–Crippen LogP) is 3.62. The van der Waals surface area contributed by atoms with Gasteiger partial charge in [0.05, 0.1) is 9.50 Å². The van der Waals surface area contributed by atoms with Crippen molar-refractivity contribution in [3.05, 3.63) is 52.5 Å². The highest BCUT2D eigenvalue weighted by Gasteiger charge is 2.09. The second-order valence-corrected chi connectivity index (χ2v) is 6.11. The van der Waals surface area contributed by atoms with Crippen molar-refractivity contribution >= 4 is 39.5 Å². The molecular formula is C17H21BrClNO5. The summed E-state index contributed by atoms with van der Waals surface area (Å²) >= 11 is 9.64. The Bertz CT molecular complexity index is 576. The minimum atomic E-state index is -1.82.